The van der Waals surface area contributed by atoms with Crippen molar-refractivity contribution in [2.24, 2.45) is 5.73 Å². The first-order chi connectivity index (χ1) is 8.72. The first kappa shape index (κ1) is 13.4. The van der Waals surface area contributed by atoms with E-state index in [0.717, 1.165) is 16.8 Å². The standard InChI is InChI=1S/C15H20N2S/c1-3-11(2)18-10-14(16)13-8-4-6-12-7-5-9-17-15(12)13/h4-9,11,14H,3,10,16H2,1-2H3. The first-order valence-electron chi connectivity index (χ1n) is 6.43. The van der Waals surface area contributed by atoms with Crippen LogP contribution in [0.1, 0.15) is 31.9 Å². The molecule has 0 fully saturated rings. The molecule has 2 nitrogen and oxygen atoms in total. The number of rotatable bonds is 5. The Labute approximate surface area is 113 Å². The Hall–Kier alpha value is -1.06. The summed E-state index contributed by atoms with van der Waals surface area (Å²) in [6.07, 6.45) is 3.02. The first-order valence-corrected chi connectivity index (χ1v) is 7.48. The molecule has 0 aliphatic carbocycles. The van der Waals surface area contributed by atoms with E-state index in [9.17, 15) is 0 Å². The van der Waals surface area contributed by atoms with Crippen molar-refractivity contribution in [1.82, 2.24) is 4.98 Å². The largest absolute Gasteiger partial charge is 0.323 e. The van der Waals surface area contributed by atoms with Crippen LogP contribution >= 0.6 is 11.8 Å². The van der Waals surface area contributed by atoms with E-state index in [0.29, 0.717) is 5.25 Å². The number of benzene rings is 1. The highest BCUT2D eigenvalue weighted by molar-refractivity contribution is 7.99. The number of aromatic nitrogens is 1. The SMILES string of the molecule is CCC(C)SCC(N)c1cccc2cccnc12. The van der Waals surface area contributed by atoms with Crippen LogP contribution in [0, 0.1) is 0 Å². The molecule has 0 aliphatic heterocycles. The minimum absolute atomic E-state index is 0.0580. The van der Waals surface area contributed by atoms with Crippen LogP contribution in [0.15, 0.2) is 36.5 Å². The lowest BCUT2D eigenvalue weighted by molar-refractivity contribution is 0.826. The van der Waals surface area contributed by atoms with Gasteiger partial charge in [0, 0.05) is 28.6 Å². The summed E-state index contributed by atoms with van der Waals surface area (Å²) < 4.78 is 0. The number of nitrogens with two attached hydrogens (primary N) is 1. The molecule has 2 N–H and O–H groups in total. The number of hydrogen-bond acceptors (Lipinski definition) is 3. The molecular formula is C15H20N2S. The minimum Gasteiger partial charge on any atom is -0.323 e. The highest BCUT2D eigenvalue weighted by Crippen LogP contribution is 2.25. The van der Waals surface area contributed by atoms with Crippen molar-refractivity contribution in [3.8, 4) is 0 Å². The van der Waals surface area contributed by atoms with Gasteiger partial charge in [0.2, 0.25) is 0 Å². The van der Waals surface area contributed by atoms with E-state index in [1.54, 1.807) is 0 Å². The smallest absolute Gasteiger partial charge is 0.0749 e. The average Bonchev–Trinajstić information content (AvgIpc) is 2.43. The highest BCUT2D eigenvalue weighted by atomic mass is 32.2. The van der Waals surface area contributed by atoms with E-state index in [4.69, 9.17) is 5.73 Å². The van der Waals surface area contributed by atoms with Crippen molar-refractivity contribution in [1.29, 1.82) is 0 Å². The lowest BCUT2D eigenvalue weighted by atomic mass is 10.0. The maximum atomic E-state index is 6.30. The quantitative estimate of drug-likeness (QED) is 0.889. The van der Waals surface area contributed by atoms with E-state index in [2.05, 4.69) is 43.1 Å². The van der Waals surface area contributed by atoms with Crippen molar-refractivity contribution >= 4 is 22.7 Å². The molecule has 0 radical (unpaired) electrons. The van der Waals surface area contributed by atoms with Crippen LogP contribution in [-0.4, -0.2) is 16.0 Å². The topological polar surface area (TPSA) is 38.9 Å². The zero-order chi connectivity index (χ0) is 13.0. The molecule has 0 spiro atoms. The molecule has 2 atom stereocenters. The Bertz CT molecular complexity index is 507. The van der Waals surface area contributed by atoms with Gasteiger partial charge in [-0.25, -0.2) is 0 Å². The molecule has 1 aromatic heterocycles. The zero-order valence-electron chi connectivity index (χ0n) is 11.0. The van der Waals surface area contributed by atoms with Crippen LogP contribution in [0.3, 0.4) is 0 Å². The molecule has 0 aliphatic rings. The van der Waals surface area contributed by atoms with Crippen LogP contribution in [0.25, 0.3) is 10.9 Å². The molecular weight excluding hydrogens is 240 g/mol. The molecule has 18 heavy (non-hydrogen) atoms. The molecule has 1 aromatic carbocycles. The molecule has 0 bridgehead atoms. The highest BCUT2D eigenvalue weighted by Gasteiger charge is 2.12. The van der Waals surface area contributed by atoms with Gasteiger partial charge >= 0.3 is 0 Å². The Morgan fingerprint density at radius 2 is 2.06 bits per heavy atom. The molecule has 2 aromatic rings. The second-order valence-corrected chi connectivity index (χ2v) is 6.05. The summed E-state index contributed by atoms with van der Waals surface area (Å²) in [7, 11) is 0. The van der Waals surface area contributed by atoms with Gasteiger partial charge in [0.25, 0.3) is 0 Å². The van der Waals surface area contributed by atoms with Gasteiger partial charge in [0.05, 0.1) is 5.52 Å². The molecule has 96 valence electrons. The van der Waals surface area contributed by atoms with Crippen molar-refractivity contribution in [3.05, 3.63) is 42.1 Å². The van der Waals surface area contributed by atoms with Crippen LogP contribution in [0.5, 0.6) is 0 Å². The number of nitrogens with zero attached hydrogens (tertiary/aromatic N) is 1. The summed E-state index contributed by atoms with van der Waals surface area (Å²) in [6, 6.07) is 10.3. The summed E-state index contributed by atoms with van der Waals surface area (Å²) in [4.78, 5) is 4.46. The summed E-state index contributed by atoms with van der Waals surface area (Å²) in [5.74, 6) is 0.949. The van der Waals surface area contributed by atoms with E-state index >= 15 is 0 Å². The lowest BCUT2D eigenvalue weighted by Crippen LogP contribution is -2.15. The Kier molecular flexibility index (Phi) is 4.61. The number of para-hydroxylation sites is 1. The predicted molar refractivity (Wildman–Crippen MR) is 80.9 cm³/mol. The molecule has 1 heterocycles. The molecule has 3 heteroatoms. The van der Waals surface area contributed by atoms with Gasteiger partial charge in [-0.1, -0.05) is 38.1 Å². The average molecular weight is 260 g/mol. The molecule has 0 amide bonds. The third kappa shape index (κ3) is 3.03. The van der Waals surface area contributed by atoms with Crippen LogP contribution in [-0.2, 0) is 0 Å². The van der Waals surface area contributed by atoms with Crippen LogP contribution in [0.2, 0.25) is 0 Å². The summed E-state index contributed by atoms with van der Waals surface area (Å²) in [5, 5.41) is 1.83. The van der Waals surface area contributed by atoms with Gasteiger partial charge in [-0.15, -0.1) is 0 Å². The summed E-state index contributed by atoms with van der Waals surface area (Å²) in [6.45, 7) is 4.46. The van der Waals surface area contributed by atoms with Gasteiger partial charge in [0.1, 0.15) is 0 Å². The van der Waals surface area contributed by atoms with Crippen LogP contribution < -0.4 is 5.73 Å². The third-order valence-electron chi connectivity index (χ3n) is 3.20. The van der Waals surface area contributed by atoms with E-state index in [-0.39, 0.29) is 6.04 Å². The monoisotopic (exact) mass is 260 g/mol. The maximum absolute atomic E-state index is 6.30. The van der Waals surface area contributed by atoms with Gasteiger partial charge in [-0.2, -0.15) is 11.8 Å². The number of pyridine rings is 1. The summed E-state index contributed by atoms with van der Waals surface area (Å²) in [5.41, 5.74) is 8.50. The zero-order valence-corrected chi connectivity index (χ0v) is 11.8. The van der Waals surface area contributed by atoms with Gasteiger partial charge in [-0.05, 0) is 18.1 Å². The maximum Gasteiger partial charge on any atom is 0.0749 e. The van der Waals surface area contributed by atoms with Gasteiger partial charge in [0.15, 0.2) is 0 Å². The number of thioether (sulfide) groups is 1. The van der Waals surface area contributed by atoms with Crippen molar-refractivity contribution < 1.29 is 0 Å². The van der Waals surface area contributed by atoms with Crippen molar-refractivity contribution in [2.75, 3.05) is 5.75 Å². The minimum atomic E-state index is 0.0580. The lowest BCUT2D eigenvalue weighted by Gasteiger charge is -2.16. The molecule has 2 rings (SSSR count). The Balaban J connectivity index is 2.19. The normalized spacial score (nSPS) is 14.6. The fourth-order valence-electron chi connectivity index (χ4n) is 1.90. The Morgan fingerprint density at radius 1 is 1.28 bits per heavy atom. The second kappa shape index (κ2) is 6.21. The fraction of sp³-hybridized carbons (Fsp3) is 0.400. The summed E-state index contributed by atoms with van der Waals surface area (Å²) >= 11 is 1.94. The predicted octanol–water partition coefficient (Wildman–Crippen LogP) is 3.77. The van der Waals surface area contributed by atoms with Crippen LogP contribution in [0.4, 0.5) is 0 Å². The van der Waals surface area contributed by atoms with Gasteiger partial charge in [-0.3, -0.25) is 4.98 Å². The van der Waals surface area contributed by atoms with Crippen molar-refractivity contribution in [2.45, 2.75) is 31.6 Å². The molecule has 0 saturated heterocycles. The van der Waals surface area contributed by atoms with E-state index in [1.807, 2.05) is 24.0 Å². The Morgan fingerprint density at radius 3 is 2.83 bits per heavy atom. The number of fused-ring (bicyclic) bond motifs is 1. The third-order valence-corrected chi connectivity index (χ3v) is 4.65. The molecule has 2 unspecified atom stereocenters. The second-order valence-electron chi connectivity index (χ2n) is 4.58. The van der Waals surface area contributed by atoms with E-state index in [1.165, 1.54) is 11.8 Å². The van der Waals surface area contributed by atoms with E-state index < -0.39 is 0 Å². The number of hydrogen-bond donors (Lipinski definition) is 1. The van der Waals surface area contributed by atoms with Crippen molar-refractivity contribution in [3.63, 3.8) is 0 Å². The fourth-order valence-corrected chi connectivity index (χ4v) is 2.85. The molecule has 0 saturated carbocycles. The van der Waals surface area contributed by atoms with Gasteiger partial charge < -0.3 is 5.73 Å².